The average molecular weight is 337 g/mol. The first kappa shape index (κ1) is 15.2. The molecule has 2 heterocycles. The number of nitrogens with one attached hydrogen (secondary N) is 1. The summed E-state index contributed by atoms with van der Waals surface area (Å²) in [6, 6.07) is 2.04. The normalized spacial score (nSPS) is 11.9. The number of hydrogen-bond donors (Lipinski definition) is 1. The lowest BCUT2D eigenvalue weighted by Crippen LogP contribution is -2.35. The van der Waals surface area contributed by atoms with E-state index in [4.69, 9.17) is 0 Å². The summed E-state index contributed by atoms with van der Waals surface area (Å²) in [4.78, 5) is 4.24. The Bertz CT molecular complexity index is 611. The molecule has 0 saturated carbocycles. The highest BCUT2D eigenvalue weighted by Gasteiger charge is 2.15. The van der Waals surface area contributed by atoms with Crippen LogP contribution in [0.15, 0.2) is 22.9 Å². The molecular weight excluding hydrogens is 316 g/mol. The summed E-state index contributed by atoms with van der Waals surface area (Å²) in [5, 5.41) is 8.10. The molecule has 108 valence electrons. The van der Waals surface area contributed by atoms with Gasteiger partial charge in [-0.3, -0.25) is 4.98 Å². The van der Waals surface area contributed by atoms with E-state index in [9.17, 15) is 0 Å². The highest BCUT2D eigenvalue weighted by Crippen LogP contribution is 2.24. The lowest BCUT2D eigenvalue weighted by molar-refractivity contribution is 0.423. The maximum Gasteiger partial charge on any atom is 0.0877 e. The zero-order valence-corrected chi connectivity index (χ0v) is 14.2. The van der Waals surface area contributed by atoms with Crippen molar-refractivity contribution in [2.75, 3.05) is 0 Å². The van der Waals surface area contributed by atoms with E-state index in [1.54, 1.807) is 0 Å². The number of aromatic nitrogens is 3. The van der Waals surface area contributed by atoms with Crippen LogP contribution in [-0.2, 0) is 6.54 Å². The Hall–Kier alpha value is -1.20. The lowest BCUT2D eigenvalue weighted by Gasteiger charge is -2.21. The molecule has 2 aromatic rings. The van der Waals surface area contributed by atoms with Gasteiger partial charge in [0.25, 0.3) is 0 Å². The first-order chi connectivity index (χ1) is 9.29. The van der Waals surface area contributed by atoms with Gasteiger partial charge in [-0.2, -0.15) is 5.10 Å². The minimum atomic E-state index is 0.0796. The van der Waals surface area contributed by atoms with Crippen LogP contribution in [0, 0.1) is 13.8 Å². The third kappa shape index (κ3) is 3.27. The number of nitrogens with zero attached hydrogens (tertiary/aromatic N) is 3. The minimum Gasteiger partial charge on any atom is -0.308 e. The summed E-state index contributed by atoms with van der Waals surface area (Å²) in [5.74, 6) is 0. The second-order valence-electron chi connectivity index (χ2n) is 6.00. The fourth-order valence-electron chi connectivity index (χ4n) is 1.97. The van der Waals surface area contributed by atoms with Gasteiger partial charge in [-0.05, 0) is 62.2 Å². The van der Waals surface area contributed by atoms with Crippen molar-refractivity contribution in [3.05, 3.63) is 39.9 Å². The molecule has 0 aromatic carbocycles. The summed E-state index contributed by atoms with van der Waals surface area (Å²) in [5.41, 5.74) is 4.37. The van der Waals surface area contributed by atoms with Gasteiger partial charge in [-0.15, -0.1) is 0 Å². The molecule has 0 amide bonds. The number of rotatable bonds is 3. The molecule has 5 heteroatoms. The molecule has 0 spiro atoms. The van der Waals surface area contributed by atoms with Crippen molar-refractivity contribution in [2.45, 2.75) is 46.7 Å². The van der Waals surface area contributed by atoms with Gasteiger partial charge in [0.05, 0.1) is 27.7 Å². The van der Waals surface area contributed by atoms with Crippen molar-refractivity contribution in [2.24, 2.45) is 0 Å². The molecule has 0 bridgehead atoms. The largest absolute Gasteiger partial charge is 0.308 e. The molecule has 2 rings (SSSR count). The maximum absolute atomic E-state index is 4.59. The van der Waals surface area contributed by atoms with Crippen molar-refractivity contribution < 1.29 is 0 Å². The third-order valence-corrected chi connectivity index (χ3v) is 4.28. The maximum atomic E-state index is 4.59. The standard InChI is InChI=1S/C15H21BrN4/c1-10-14(16)11(2)20(19-10)13-9-17-7-6-12(13)8-18-15(3,4)5/h6-7,9,18H,8H2,1-5H3. The molecule has 0 unspecified atom stereocenters. The van der Waals surface area contributed by atoms with Crippen molar-refractivity contribution in [3.63, 3.8) is 0 Å². The molecule has 4 nitrogen and oxygen atoms in total. The fourth-order valence-corrected chi connectivity index (χ4v) is 2.22. The number of hydrogen-bond acceptors (Lipinski definition) is 3. The topological polar surface area (TPSA) is 42.7 Å². The Morgan fingerprint density at radius 3 is 2.55 bits per heavy atom. The molecule has 0 radical (unpaired) electrons. The van der Waals surface area contributed by atoms with Gasteiger partial charge in [0.15, 0.2) is 0 Å². The molecule has 1 N–H and O–H groups in total. The summed E-state index contributed by atoms with van der Waals surface area (Å²) in [7, 11) is 0. The van der Waals surface area contributed by atoms with Gasteiger partial charge >= 0.3 is 0 Å². The van der Waals surface area contributed by atoms with Crippen molar-refractivity contribution in [1.82, 2.24) is 20.1 Å². The van der Waals surface area contributed by atoms with E-state index in [2.05, 4.69) is 59.0 Å². The second-order valence-corrected chi connectivity index (χ2v) is 6.80. The molecule has 0 aliphatic carbocycles. The number of halogens is 1. The second kappa shape index (κ2) is 5.66. The molecule has 0 fully saturated rings. The predicted octanol–water partition coefficient (Wildman–Crippen LogP) is 3.53. The molecular formula is C15H21BrN4. The predicted molar refractivity (Wildman–Crippen MR) is 85.1 cm³/mol. The van der Waals surface area contributed by atoms with Crippen molar-refractivity contribution >= 4 is 15.9 Å². The smallest absolute Gasteiger partial charge is 0.0877 e. The molecule has 0 atom stereocenters. The van der Waals surface area contributed by atoms with E-state index in [1.807, 2.05) is 30.1 Å². The summed E-state index contributed by atoms with van der Waals surface area (Å²) >= 11 is 3.57. The Labute approximate surface area is 128 Å². The van der Waals surface area contributed by atoms with Crippen LogP contribution >= 0.6 is 15.9 Å². The van der Waals surface area contributed by atoms with Crippen LogP contribution in [0.4, 0.5) is 0 Å². The van der Waals surface area contributed by atoms with E-state index in [1.165, 1.54) is 5.56 Å². The van der Waals surface area contributed by atoms with Crippen molar-refractivity contribution in [3.8, 4) is 5.69 Å². The van der Waals surface area contributed by atoms with Gasteiger partial charge in [0.2, 0.25) is 0 Å². The molecule has 0 aliphatic heterocycles. The first-order valence-corrected chi connectivity index (χ1v) is 7.49. The highest BCUT2D eigenvalue weighted by molar-refractivity contribution is 9.10. The average Bonchev–Trinajstić information content (AvgIpc) is 2.64. The fraction of sp³-hybridized carbons (Fsp3) is 0.467. The molecule has 0 saturated heterocycles. The van der Waals surface area contributed by atoms with E-state index in [0.29, 0.717) is 0 Å². The Morgan fingerprint density at radius 1 is 1.30 bits per heavy atom. The van der Waals surface area contributed by atoms with Crippen LogP contribution < -0.4 is 5.32 Å². The zero-order valence-electron chi connectivity index (χ0n) is 12.7. The van der Waals surface area contributed by atoms with Crippen LogP contribution in [0.25, 0.3) is 5.69 Å². The van der Waals surface area contributed by atoms with E-state index in [0.717, 1.165) is 28.1 Å². The summed E-state index contributed by atoms with van der Waals surface area (Å²) < 4.78 is 3.00. The van der Waals surface area contributed by atoms with Crippen LogP contribution in [0.3, 0.4) is 0 Å². The van der Waals surface area contributed by atoms with Gasteiger partial charge in [-0.25, -0.2) is 4.68 Å². The van der Waals surface area contributed by atoms with Gasteiger partial charge in [-0.1, -0.05) is 0 Å². The molecule has 20 heavy (non-hydrogen) atoms. The minimum absolute atomic E-state index is 0.0796. The van der Waals surface area contributed by atoms with E-state index < -0.39 is 0 Å². The van der Waals surface area contributed by atoms with Crippen LogP contribution in [0.5, 0.6) is 0 Å². The van der Waals surface area contributed by atoms with Crippen LogP contribution in [0.2, 0.25) is 0 Å². The Kier molecular flexibility index (Phi) is 4.30. The van der Waals surface area contributed by atoms with Crippen LogP contribution in [-0.4, -0.2) is 20.3 Å². The first-order valence-electron chi connectivity index (χ1n) is 6.69. The monoisotopic (exact) mass is 336 g/mol. The quantitative estimate of drug-likeness (QED) is 0.932. The SMILES string of the molecule is Cc1nn(-c2cnccc2CNC(C)(C)C)c(C)c1Br. The number of aryl methyl sites for hydroxylation is 1. The van der Waals surface area contributed by atoms with Gasteiger partial charge in [0.1, 0.15) is 0 Å². The zero-order chi connectivity index (χ0) is 14.9. The third-order valence-electron chi connectivity index (χ3n) is 3.13. The van der Waals surface area contributed by atoms with E-state index >= 15 is 0 Å². The van der Waals surface area contributed by atoms with E-state index in [-0.39, 0.29) is 5.54 Å². The molecule has 0 aliphatic rings. The highest BCUT2D eigenvalue weighted by atomic mass is 79.9. The summed E-state index contributed by atoms with van der Waals surface area (Å²) in [6.45, 7) is 11.3. The van der Waals surface area contributed by atoms with Gasteiger partial charge < -0.3 is 5.32 Å². The Balaban J connectivity index is 2.39. The Morgan fingerprint density at radius 2 is 2.00 bits per heavy atom. The lowest BCUT2D eigenvalue weighted by atomic mass is 10.1. The van der Waals surface area contributed by atoms with Gasteiger partial charge in [0, 0.05) is 18.3 Å². The number of pyridine rings is 1. The van der Waals surface area contributed by atoms with Crippen LogP contribution in [0.1, 0.15) is 37.7 Å². The summed E-state index contributed by atoms with van der Waals surface area (Å²) in [6.07, 6.45) is 3.69. The van der Waals surface area contributed by atoms with Crippen molar-refractivity contribution in [1.29, 1.82) is 0 Å². The molecule has 2 aromatic heterocycles.